The van der Waals surface area contributed by atoms with Gasteiger partial charge in [-0.05, 0) is 28.3 Å². The van der Waals surface area contributed by atoms with Crippen LogP contribution < -0.4 is 5.19 Å². The van der Waals surface area contributed by atoms with Crippen molar-refractivity contribution >= 4 is 23.6 Å². The quantitative estimate of drug-likeness (QED) is 0.407. The Kier molecular flexibility index (Phi) is 5.08. The lowest BCUT2D eigenvalue weighted by molar-refractivity contribution is 1.00. The van der Waals surface area contributed by atoms with Crippen LogP contribution in [0.15, 0.2) is 108 Å². The van der Waals surface area contributed by atoms with E-state index in [4.69, 9.17) is 11.1 Å². The van der Waals surface area contributed by atoms with E-state index in [-0.39, 0.29) is 0 Å². The van der Waals surface area contributed by atoms with E-state index in [0.29, 0.717) is 11.5 Å². The van der Waals surface area contributed by atoms with Gasteiger partial charge in [-0.25, -0.2) is 0 Å². The van der Waals surface area contributed by atoms with Gasteiger partial charge in [0.05, 0.1) is 0 Å². The van der Waals surface area contributed by atoms with Crippen LogP contribution in [0.2, 0.25) is 12.1 Å². The molecule has 2 aliphatic rings. The fourth-order valence-electron chi connectivity index (χ4n) is 4.46. The first-order valence-corrected chi connectivity index (χ1v) is 13.3. The van der Waals surface area contributed by atoms with Gasteiger partial charge < -0.3 is 0 Å². The predicted molar refractivity (Wildman–Crippen MR) is 120 cm³/mol. The Morgan fingerprint density at radius 3 is 2.22 bits per heavy atom. The lowest BCUT2D eigenvalue weighted by Gasteiger charge is -2.31. The van der Waals surface area contributed by atoms with Crippen molar-refractivity contribution < 1.29 is 0 Å². The summed E-state index contributed by atoms with van der Waals surface area (Å²) >= 11 is 7.42. The van der Waals surface area contributed by atoms with Gasteiger partial charge in [0.15, 0.2) is 7.38 Å². The molecule has 3 atom stereocenters. The lowest BCUT2D eigenvalue weighted by Crippen LogP contribution is -2.44. The molecule has 2 aromatic rings. The van der Waals surface area contributed by atoms with E-state index in [0.717, 1.165) is 6.42 Å². The van der Waals surface area contributed by atoms with Crippen molar-refractivity contribution in [2.45, 2.75) is 31.4 Å². The predicted octanol–water partition coefficient (Wildman–Crippen LogP) is 6.63. The van der Waals surface area contributed by atoms with Crippen molar-refractivity contribution in [2.24, 2.45) is 0 Å². The molecule has 0 amide bonds. The van der Waals surface area contributed by atoms with E-state index >= 15 is 0 Å². The molecule has 0 N–H and O–H groups in total. The van der Waals surface area contributed by atoms with E-state index in [1.54, 1.807) is 0 Å². The van der Waals surface area contributed by atoms with Crippen LogP contribution in [0.25, 0.3) is 0 Å². The summed E-state index contributed by atoms with van der Waals surface area (Å²) in [7, 11) is -2.22. The topological polar surface area (TPSA) is 0 Å². The molecular weight excluding hydrogens is 364 g/mol. The summed E-state index contributed by atoms with van der Waals surface area (Å²) in [5.74, 6) is 0.292. The van der Waals surface area contributed by atoms with Crippen LogP contribution in [-0.4, -0.2) is 7.38 Å². The van der Waals surface area contributed by atoms with Crippen LogP contribution in [0, 0.1) is 0 Å². The maximum Gasteiger partial charge on any atom is 0.195 e. The summed E-state index contributed by atoms with van der Waals surface area (Å²) in [4.78, 5) is 0. The van der Waals surface area contributed by atoms with E-state index < -0.39 is 7.38 Å². The Hall–Kier alpha value is -2.09. The molecule has 2 aromatic carbocycles. The molecule has 27 heavy (non-hydrogen) atoms. The van der Waals surface area contributed by atoms with Crippen LogP contribution in [-0.2, 0) is 0 Å². The number of halogens is 1. The molecule has 0 saturated carbocycles. The third kappa shape index (κ3) is 3.31. The fraction of sp³-hybridized carbons (Fsp3) is 0.200. The van der Waals surface area contributed by atoms with Crippen LogP contribution in [0.5, 0.6) is 0 Å². The molecular formula is C25H25ClSi. The highest BCUT2D eigenvalue weighted by Gasteiger charge is 2.44. The molecule has 4 rings (SSSR count). The smallest absolute Gasteiger partial charge is 0.160 e. The Morgan fingerprint density at radius 1 is 0.889 bits per heavy atom. The summed E-state index contributed by atoms with van der Waals surface area (Å²) < 4.78 is 0. The molecule has 0 aliphatic heterocycles. The Labute approximate surface area is 168 Å². The largest absolute Gasteiger partial charge is 0.195 e. The second-order valence-corrected chi connectivity index (χ2v) is 13.2. The van der Waals surface area contributed by atoms with E-state index in [1.165, 1.54) is 27.5 Å². The standard InChI is InChI=1S/C25H25ClSi/c1-3-19-18-24-22(20-12-6-4-7-13-20)16-10-11-17-23(24)25(19)27(2,26)21-14-8-5-9-15-21/h4-18,22,25H,3H2,1-2H3. The normalized spacial score (nSPS) is 23.6. The summed E-state index contributed by atoms with van der Waals surface area (Å²) in [5, 5.41) is 1.31. The molecule has 2 heteroatoms. The number of rotatable bonds is 4. The minimum atomic E-state index is -2.22. The van der Waals surface area contributed by atoms with Gasteiger partial charge in [-0.15, -0.1) is 0 Å². The zero-order chi connectivity index (χ0) is 18.9. The average Bonchev–Trinajstić information content (AvgIpc) is 2.96. The first kappa shape index (κ1) is 18.3. The van der Waals surface area contributed by atoms with Gasteiger partial charge in [-0.1, -0.05) is 110 Å². The second-order valence-electron chi connectivity index (χ2n) is 7.49. The fourth-order valence-corrected chi connectivity index (χ4v) is 8.62. The molecule has 0 spiro atoms. The molecule has 0 bridgehead atoms. The molecule has 0 saturated heterocycles. The van der Waals surface area contributed by atoms with Crippen LogP contribution >= 0.6 is 11.1 Å². The molecule has 2 aliphatic carbocycles. The first-order chi connectivity index (χ1) is 13.1. The highest BCUT2D eigenvalue weighted by molar-refractivity contribution is 7.28. The third-order valence-electron chi connectivity index (χ3n) is 5.83. The third-order valence-corrected chi connectivity index (χ3v) is 10.4. The molecule has 3 unspecified atom stereocenters. The first-order valence-electron chi connectivity index (χ1n) is 9.71. The van der Waals surface area contributed by atoms with Crippen molar-refractivity contribution in [3.63, 3.8) is 0 Å². The maximum absolute atomic E-state index is 7.42. The average molecular weight is 389 g/mol. The highest BCUT2D eigenvalue weighted by atomic mass is 35.6. The van der Waals surface area contributed by atoms with Crippen molar-refractivity contribution in [2.75, 3.05) is 0 Å². The summed E-state index contributed by atoms with van der Waals surface area (Å²) in [6, 6.07) is 21.5. The van der Waals surface area contributed by atoms with Crippen molar-refractivity contribution in [3.8, 4) is 0 Å². The number of allylic oxidation sites excluding steroid dienone is 8. The van der Waals surface area contributed by atoms with Gasteiger partial charge in [0.2, 0.25) is 0 Å². The minimum absolute atomic E-state index is 0.292. The molecule has 0 radical (unpaired) electrons. The van der Waals surface area contributed by atoms with Gasteiger partial charge in [-0.2, -0.15) is 11.1 Å². The number of hydrogen-bond acceptors (Lipinski definition) is 0. The van der Waals surface area contributed by atoms with Crippen LogP contribution in [0.1, 0.15) is 24.8 Å². The molecule has 0 aromatic heterocycles. The minimum Gasteiger partial charge on any atom is -0.160 e. The zero-order valence-corrected chi connectivity index (χ0v) is 17.7. The van der Waals surface area contributed by atoms with Crippen molar-refractivity contribution in [1.29, 1.82) is 0 Å². The van der Waals surface area contributed by atoms with Crippen molar-refractivity contribution in [3.05, 3.63) is 113 Å². The Balaban J connectivity index is 1.84. The summed E-state index contributed by atoms with van der Waals surface area (Å²) in [6.07, 6.45) is 12.5. The van der Waals surface area contributed by atoms with Gasteiger partial charge in [0.1, 0.15) is 0 Å². The SMILES string of the molecule is CCC1=CC2=C(C=CC=CC2c2ccccc2)C1[Si](C)(Cl)c1ccccc1. The zero-order valence-electron chi connectivity index (χ0n) is 15.9. The Bertz CT molecular complexity index is 933. The van der Waals surface area contributed by atoms with Crippen LogP contribution in [0.4, 0.5) is 0 Å². The molecule has 0 heterocycles. The second kappa shape index (κ2) is 7.50. The Morgan fingerprint density at radius 2 is 1.56 bits per heavy atom. The molecule has 136 valence electrons. The van der Waals surface area contributed by atoms with Crippen LogP contribution in [0.3, 0.4) is 0 Å². The van der Waals surface area contributed by atoms with Gasteiger partial charge in [-0.3, -0.25) is 0 Å². The van der Waals surface area contributed by atoms with Gasteiger partial charge >= 0.3 is 0 Å². The van der Waals surface area contributed by atoms with Gasteiger partial charge in [0, 0.05) is 11.5 Å². The van der Waals surface area contributed by atoms with Crippen molar-refractivity contribution in [1.82, 2.24) is 0 Å². The summed E-state index contributed by atoms with van der Waals surface area (Å²) in [6.45, 7) is 4.56. The molecule has 0 fully saturated rings. The number of benzene rings is 2. The molecule has 0 nitrogen and oxygen atoms in total. The van der Waals surface area contributed by atoms with E-state index in [2.05, 4.69) is 105 Å². The highest BCUT2D eigenvalue weighted by Crippen LogP contribution is 2.51. The van der Waals surface area contributed by atoms with E-state index in [1.807, 2.05) is 0 Å². The maximum atomic E-state index is 7.42. The summed E-state index contributed by atoms with van der Waals surface area (Å²) in [5.41, 5.74) is 5.98. The lowest BCUT2D eigenvalue weighted by atomic mass is 9.90. The monoisotopic (exact) mass is 388 g/mol. The number of hydrogen-bond donors (Lipinski definition) is 0. The van der Waals surface area contributed by atoms with Gasteiger partial charge in [0.25, 0.3) is 0 Å². The van der Waals surface area contributed by atoms with E-state index in [9.17, 15) is 0 Å².